The number of alkyl halides is 3. The van der Waals surface area contributed by atoms with Crippen molar-refractivity contribution >= 4 is 21.6 Å². The lowest BCUT2D eigenvalue weighted by atomic mass is 9.99. The second-order valence-electron chi connectivity index (χ2n) is 7.23. The molecule has 0 aliphatic heterocycles. The van der Waals surface area contributed by atoms with E-state index < -0.39 is 39.5 Å². The topological polar surface area (TPSA) is 101 Å². The first-order valence-corrected chi connectivity index (χ1v) is 11.4. The molecule has 2 heterocycles. The van der Waals surface area contributed by atoms with Crippen LogP contribution < -0.4 is 10.0 Å². The maximum absolute atomic E-state index is 14.2. The summed E-state index contributed by atoms with van der Waals surface area (Å²) in [4.78, 5) is 16.2. The smallest absolute Gasteiger partial charge is 0.433 e. The van der Waals surface area contributed by atoms with Gasteiger partial charge in [-0.25, -0.2) is 17.8 Å². The predicted molar refractivity (Wildman–Crippen MR) is 112 cm³/mol. The molecule has 0 spiro atoms. The number of hydrogen-bond acceptors (Lipinski definition) is 5. The number of anilines is 1. The summed E-state index contributed by atoms with van der Waals surface area (Å²) in [5.41, 5.74) is -0.855. The Morgan fingerprint density at radius 1 is 1.18 bits per heavy atom. The molecule has 3 aromatic rings. The van der Waals surface area contributed by atoms with Gasteiger partial charge in [-0.1, -0.05) is 12.1 Å². The van der Waals surface area contributed by atoms with Crippen molar-refractivity contribution in [2.75, 3.05) is 11.0 Å². The van der Waals surface area contributed by atoms with Crippen LogP contribution in [-0.4, -0.2) is 25.6 Å². The number of carbonyl (C=O) groups is 1. The quantitative estimate of drug-likeness (QED) is 0.486. The Morgan fingerprint density at radius 3 is 2.48 bits per heavy atom. The molecular formula is C21H19F4N3O4S. The molecule has 1 unspecified atom stereocenters. The molecular weight excluding hydrogens is 466 g/mol. The van der Waals surface area contributed by atoms with Crippen molar-refractivity contribution in [3.63, 3.8) is 0 Å². The summed E-state index contributed by atoms with van der Waals surface area (Å²) >= 11 is 0. The Bertz CT molecular complexity index is 1260. The first-order chi connectivity index (χ1) is 15.3. The van der Waals surface area contributed by atoms with Crippen LogP contribution in [-0.2, 0) is 27.5 Å². The highest BCUT2D eigenvalue weighted by Gasteiger charge is 2.33. The second-order valence-corrected chi connectivity index (χ2v) is 8.98. The van der Waals surface area contributed by atoms with Gasteiger partial charge in [0.1, 0.15) is 17.2 Å². The van der Waals surface area contributed by atoms with Crippen LogP contribution >= 0.6 is 0 Å². The van der Waals surface area contributed by atoms with Gasteiger partial charge in [-0.2, -0.15) is 13.2 Å². The second kappa shape index (κ2) is 9.22. The van der Waals surface area contributed by atoms with Gasteiger partial charge in [0.15, 0.2) is 5.76 Å². The molecule has 1 aromatic carbocycles. The van der Waals surface area contributed by atoms with Gasteiger partial charge in [-0.15, -0.1) is 0 Å². The van der Waals surface area contributed by atoms with E-state index in [0.29, 0.717) is 0 Å². The summed E-state index contributed by atoms with van der Waals surface area (Å²) in [7, 11) is -3.68. The molecule has 176 valence electrons. The third-order valence-electron chi connectivity index (χ3n) is 4.66. The molecule has 33 heavy (non-hydrogen) atoms. The molecule has 0 radical (unpaired) electrons. The molecule has 0 saturated carbocycles. The zero-order valence-corrected chi connectivity index (χ0v) is 18.2. The van der Waals surface area contributed by atoms with Crippen LogP contribution in [0, 0.1) is 5.82 Å². The van der Waals surface area contributed by atoms with Crippen LogP contribution in [0.1, 0.15) is 29.7 Å². The Hall–Kier alpha value is -3.41. The minimum absolute atomic E-state index is 0.0648. The van der Waals surface area contributed by atoms with Gasteiger partial charge in [0.25, 0.3) is 0 Å². The van der Waals surface area contributed by atoms with Crippen molar-refractivity contribution in [2.45, 2.75) is 25.6 Å². The minimum atomic E-state index is -4.65. The summed E-state index contributed by atoms with van der Waals surface area (Å²) in [5.74, 6) is -2.11. The standard InChI is InChI=1S/C21H19F4N3O4S/c1-12(13-5-7-16(15(22)10-13)28-33(2,30)31)20(29)26-11-14-6-8-18(21(23,24)25)27-19(14)17-4-3-9-32-17/h3-10,12,28H,11H2,1-2H3,(H,26,29). The molecule has 0 aliphatic rings. The highest BCUT2D eigenvalue weighted by atomic mass is 32.2. The van der Waals surface area contributed by atoms with Crippen LogP contribution in [0.25, 0.3) is 11.5 Å². The number of rotatable bonds is 7. The van der Waals surface area contributed by atoms with Crippen molar-refractivity contribution < 1.29 is 35.2 Å². The zero-order chi connectivity index (χ0) is 24.4. The third-order valence-corrected chi connectivity index (χ3v) is 5.25. The fraction of sp³-hybridized carbons (Fsp3) is 0.238. The number of amides is 1. The molecule has 0 bridgehead atoms. The van der Waals surface area contributed by atoms with E-state index in [1.54, 1.807) is 0 Å². The van der Waals surface area contributed by atoms with Gasteiger partial charge in [-0.05, 0) is 42.8 Å². The molecule has 1 amide bonds. The number of carbonyl (C=O) groups excluding carboxylic acids is 1. The third kappa shape index (κ3) is 6.09. The predicted octanol–water partition coefficient (Wildman–Crippen LogP) is 4.29. The monoisotopic (exact) mass is 485 g/mol. The van der Waals surface area contributed by atoms with E-state index in [-0.39, 0.29) is 34.8 Å². The number of furan rings is 1. The Labute approximate surface area is 186 Å². The lowest BCUT2D eigenvalue weighted by Crippen LogP contribution is -2.28. The fourth-order valence-electron chi connectivity index (χ4n) is 2.99. The molecule has 2 N–H and O–H groups in total. The van der Waals surface area contributed by atoms with E-state index in [9.17, 15) is 30.8 Å². The van der Waals surface area contributed by atoms with E-state index in [1.165, 1.54) is 43.5 Å². The maximum atomic E-state index is 14.2. The van der Waals surface area contributed by atoms with Crippen LogP contribution in [0.3, 0.4) is 0 Å². The van der Waals surface area contributed by atoms with Crippen molar-refractivity contribution in [2.24, 2.45) is 0 Å². The SMILES string of the molecule is CC(C(=O)NCc1ccc(C(F)(F)F)nc1-c1ccco1)c1ccc(NS(C)(=O)=O)c(F)c1. The molecule has 2 aromatic heterocycles. The lowest BCUT2D eigenvalue weighted by molar-refractivity contribution is -0.141. The Kier molecular flexibility index (Phi) is 6.77. The molecule has 12 heteroatoms. The molecule has 0 aliphatic carbocycles. The van der Waals surface area contributed by atoms with E-state index in [2.05, 4.69) is 10.3 Å². The van der Waals surface area contributed by atoms with Gasteiger partial charge < -0.3 is 9.73 Å². The average molecular weight is 485 g/mol. The van der Waals surface area contributed by atoms with Crippen molar-refractivity contribution in [1.29, 1.82) is 0 Å². The highest BCUT2D eigenvalue weighted by Crippen LogP contribution is 2.31. The van der Waals surface area contributed by atoms with Crippen LogP contribution in [0.5, 0.6) is 0 Å². The number of benzene rings is 1. The van der Waals surface area contributed by atoms with Gasteiger partial charge in [0, 0.05) is 12.1 Å². The fourth-order valence-corrected chi connectivity index (χ4v) is 3.55. The number of nitrogens with zero attached hydrogens (tertiary/aromatic N) is 1. The van der Waals surface area contributed by atoms with Crippen LogP contribution in [0.4, 0.5) is 23.2 Å². The number of aromatic nitrogens is 1. The van der Waals surface area contributed by atoms with E-state index in [4.69, 9.17) is 4.42 Å². The number of pyridine rings is 1. The van der Waals surface area contributed by atoms with E-state index >= 15 is 0 Å². The van der Waals surface area contributed by atoms with Crippen molar-refractivity contribution in [3.05, 3.63) is 71.4 Å². The van der Waals surface area contributed by atoms with Gasteiger partial charge in [0.2, 0.25) is 15.9 Å². The minimum Gasteiger partial charge on any atom is -0.463 e. The number of halogens is 4. The van der Waals surface area contributed by atoms with Gasteiger partial charge >= 0.3 is 6.18 Å². The van der Waals surface area contributed by atoms with Gasteiger partial charge in [-0.3, -0.25) is 9.52 Å². The summed E-state index contributed by atoms with van der Waals surface area (Å²) in [6.07, 6.45) is -2.48. The van der Waals surface area contributed by atoms with Gasteiger partial charge in [0.05, 0.1) is 24.1 Å². The summed E-state index contributed by atoms with van der Waals surface area (Å²) in [6, 6.07) is 8.58. The summed E-state index contributed by atoms with van der Waals surface area (Å²) < 4.78 is 83.2. The Morgan fingerprint density at radius 2 is 1.91 bits per heavy atom. The number of hydrogen-bond donors (Lipinski definition) is 2. The number of nitrogens with one attached hydrogen (secondary N) is 2. The summed E-state index contributed by atoms with van der Waals surface area (Å²) in [6.45, 7) is 1.35. The first kappa shape index (κ1) is 24.2. The molecule has 3 rings (SSSR count). The number of sulfonamides is 1. The first-order valence-electron chi connectivity index (χ1n) is 9.51. The van der Waals surface area contributed by atoms with E-state index in [1.807, 2.05) is 4.72 Å². The largest absolute Gasteiger partial charge is 0.463 e. The highest BCUT2D eigenvalue weighted by molar-refractivity contribution is 7.92. The van der Waals surface area contributed by atoms with Crippen molar-refractivity contribution in [1.82, 2.24) is 10.3 Å². The lowest BCUT2D eigenvalue weighted by Gasteiger charge is -2.16. The average Bonchev–Trinajstić information content (AvgIpc) is 3.26. The molecule has 1 atom stereocenters. The normalized spacial score (nSPS) is 12.9. The van der Waals surface area contributed by atoms with Crippen LogP contribution in [0.15, 0.2) is 53.1 Å². The van der Waals surface area contributed by atoms with Crippen LogP contribution in [0.2, 0.25) is 0 Å². The summed E-state index contributed by atoms with van der Waals surface area (Å²) in [5, 5.41) is 2.59. The Balaban J connectivity index is 1.77. The van der Waals surface area contributed by atoms with Crippen molar-refractivity contribution in [3.8, 4) is 11.5 Å². The van der Waals surface area contributed by atoms with E-state index in [0.717, 1.165) is 18.4 Å². The molecule has 0 saturated heterocycles. The molecule has 0 fully saturated rings. The molecule has 7 nitrogen and oxygen atoms in total. The maximum Gasteiger partial charge on any atom is 0.433 e. The zero-order valence-electron chi connectivity index (χ0n) is 17.4.